The topological polar surface area (TPSA) is 55.7 Å². The summed E-state index contributed by atoms with van der Waals surface area (Å²) in [6.45, 7) is 3.71. The fraction of sp³-hybridized carbons (Fsp3) is 0.500. The van der Waals surface area contributed by atoms with Crippen LogP contribution in [0.15, 0.2) is 16.6 Å². The molecule has 4 nitrogen and oxygen atoms in total. The molecule has 66 valence electrons. The first kappa shape index (κ1) is 10.6. The van der Waals surface area contributed by atoms with Crippen LogP contribution in [0.4, 0.5) is 0 Å². The Balaban J connectivity index is 3.65. The third-order valence-corrected chi connectivity index (χ3v) is 1.26. The van der Waals surface area contributed by atoms with Gasteiger partial charge in [0.25, 0.3) is 0 Å². The fourth-order valence-corrected chi connectivity index (χ4v) is 0.461. The Labute approximate surface area is 70.9 Å². The summed E-state index contributed by atoms with van der Waals surface area (Å²) in [7, 11) is 0. The number of carbonyl (C=O) groups is 1. The normalized spacial score (nSPS) is 10.3. The highest BCUT2D eigenvalue weighted by atomic mass is 16.5. The van der Waals surface area contributed by atoms with Crippen LogP contribution in [0.3, 0.4) is 0 Å². The lowest BCUT2D eigenvalue weighted by Gasteiger charge is -2.00. The molecule has 0 amide bonds. The molecule has 0 N–H and O–H groups in total. The molecule has 0 aliphatic carbocycles. The molecule has 0 unspecified atom stereocenters. The van der Waals surface area contributed by atoms with Crippen LogP contribution in [-0.4, -0.2) is 25.2 Å². The van der Waals surface area contributed by atoms with Crippen LogP contribution in [0.2, 0.25) is 0 Å². The average molecular weight is 169 g/mol. The number of rotatable bonds is 4. The number of allylic oxidation sites excluding steroid dienone is 1. The molecule has 0 spiro atoms. The van der Waals surface area contributed by atoms with Crippen LogP contribution in [0.5, 0.6) is 0 Å². The van der Waals surface area contributed by atoms with Gasteiger partial charge in [-0.15, -0.1) is 0 Å². The number of carbonyl (C=O) groups excluding carboxylic acids is 2. The van der Waals surface area contributed by atoms with Crippen LogP contribution in [0.1, 0.15) is 13.8 Å². The van der Waals surface area contributed by atoms with Gasteiger partial charge in [0.1, 0.15) is 6.61 Å². The van der Waals surface area contributed by atoms with Crippen molar-refractivity contribution in [2.45, 2.75) is 13.8 Å². The Morgan fingerprint density at radius 1 is 1.67 bits per heavy atom. The number of ether oxygens (including phenoxy) is 1. The molecule has 0 heterocycles. The first-order valence-corrected chi connectivity index (χ1v) is 3.56. The Bertz CT molecular complexity index is 226. The number of hydrogen-bond acceptors (Lipinski definition) is 4. The maximum atomic E-state index is 10.9. The van der Waals surface area contributed by atoms with Gasteiger partial charge in [-0.1, -0.05) is 6.08 Å². The maximum Gasteiger partial charge on any atom is 0.333 e. The monoisotopic (exact) mass is 169 g/mol. The Hall–Kier alpha value is -1.41. The molecule has 12 heavy (non-hydrogen) atoms. The van der Waals surface area contributed by atoms with E-state index in [9.17, 15) is 9.59 Å². The molecule has 0 aliphatic rings. The van der Waals surface area contributed by atoms with Crippen molar-refractivity contribution in [3.05, 3.63) is 11.6 Å². The quantitative estimate of drug-likeness (QED) is 0.206. The summed E-state index contributed by atoms with van der Waals surface area (Å²) >= 11 is 0. The number of nitrogens with zero attached hydrogens (tertiary/aromatic N) is 1. The van der Waals surface area contributed by atoms with Crippen molar-refractivity contribution in [3.8, 4) is 0 Å². The third kappa shape index (κ3) is 4.41. The highest BCUT2D eigenvalue weighted by Crippen LogP contribution is 1.94. The predicted molar refractivity (Wildman–Crippen MR) is 43.4 cm³/mol. The van der Waals surface area contributed by atoms with Gasteiger partial charge in [-0.25, -0.2) is 14.6 Å². The molecule has 0 radical (unpaired) electrons. The lowest BCUT2D eigenvalue weighted by Crippen LogP contribution is -2.08. The van der Waals surface area contributed by atoms with E-state index in [1.807, 2.05) is 0 Å². The second-order valence-electron chi connectivity index (χ2n) is 2.08. The van der Waals surface area contributed by atoms with Crippen LogP contribution < -0.4 is 0 Å². The molecule has 0 saturated carbocycles. The second-order valence-corrected chi connectivity index (χ2v) is 2.08. The second kappa shape index (κ2) is 6.31. The van der Waals surface area contributed by atoms with Gasteiger partial charge >= 0.3 is 5.97 Å². The van der Waals surface area contributed by atoms with Gasteiger partial charge in [0.2, 0.25) is 6.08 Å². The van der Waals surface area contributed by atoms with E-state index in [0.717, 1.165) is 0 Å². The smallest absolute Gasteiger partial charge is 0.333 e. The molecule has 0 fully saturated rings. The first-order chi connectivity index (χ1) is 5.72. The summed E-state index contributed by atoms with van der Waals surface area (Å²) in [6, 6.07) is 0. The van der Waals surface area contributed by atoms with E-state index in [1.54, 1.807) is 19.9 Å². The minimum atomic E-state index is -0.376. The first-order valence-electron chi connectivity index (χ1n) is 3.56. The highest BCUT2D eigenvalue weighted by molar-refractivity contribution is 5.87. The molecular formula is C8H11NO3. The van der Waals surface area contributed by atoms with Crippen LogP contribution in [0, 0.1) is 0 Å². The van der Waals surface area contributed by atoms with E-state index < -0.39 is 0 Å². The van der Waals surface area contributed by atoms with Gasteiger partial charge < -0.3 is 4.74 Å². The van der Waals surface area contributed by atoms with E-state index >= 15 is 0 Å². The van der Waals surface area contributed by atoms with E-state index in [0.29, 0.717) is 5.57 Å². The molecule has 0 atom stereocenters. The van der Waals surface area contributed by atoms with E-state index in [-0.39, 0.29) is 19.1 Å². The number of isocyanates is 1. The van der Waals surface area contributed by atoms with E-state index in [1.165, 1.54) is 6.08 Å². The lowest BCUT2D eigenvalue weighted by molar-refractivity contribution is -0.138. The molecular weight excluding hydrogens is 158 g/mol. The van der Waals surface area contributed by atoms with Crippen molar-refractivity contribution in [1.82, 2.24) is 0 Å². The largest absolute Gasteiger partial charge is 0.460 e. The standard InChI is InChI=1S/C8H11NO3/c1-3-7(2)8(11)12-5-4-9-6-10/h3H,4-5H2,1-2H3. The SMILES string of the molecule is CC=C(C)C(=O)OCCN=C=O. The van der Waals surface area contributed by atoms with Crippen molar-refractivity contribution in [2.24, 2.45) is 4.99 Å². The van der Waals surface area contributed by atoms with Crippen molar-refractivity contribution in [1.29, 1.82) is 0 Å². The minimum absolute atomic E-state index is 0.124. The van der Waals surface area contributed by atoms with Gasteiger partial charge in [0.15, 0.2) is 0 Å². The van der Waals surface area contributed by atoms with E-state index in [4.69, 9.17) is 4.74 Å². The Morgan fingerprint density at radius 3 is 2.83 bits per heavy atom. The number of esters is 1. The van der Waals surface area contributed by atoms with Crippen LogP contribution in [-0.2, 0) is 14.3 Å². The summed E-state index contributed by atoms with van der Waals surface area (Å²) in [5.74, 6) is -0.376. The number of aliphatic imine (C=N–C) groups is 1. The maximum absolute atomic E-state index is 10.9. The van der Waals surface area contributed by atoms with Crippen LogP contribution in [0.25, 0.3) is 0 Å². The van der Waals surface area contributed by atoms with E-state index in [2.05, 4.69) is 4.99 Å². The summed E-state index contributed by atoms with van der Waals surface area (Å²) < 4.78 is 4.72. The molecule has 0 bridgehead atoms. The zero-order chi connectivity index (χ0) is 9.40. The summed E-state index contributed by atoms with van der Waals surface area (Å²) in [5, 5.41) is 0. The highest BCUT2D eigenvalue weighted by Gasteiger charge is 2.02. The van der Waals surface area contributed by atoms with Crippen LogP contribution >= 0.6 is 0 Å². The summed E-state index contributed by atoms with van der Waals surface area (Å²) in [4.78, 5) is 23.7. The molecule has 0 rings (SSSR count). The fourth-order valence-electron chi connectivity index (χ4n) is 0.461. The molecule has 4 heteroatoms. The van der Waals surface area contributed by atoms with Gasteiger partial charge in [-0.2, -0.15) is 0 Å². The average Bonchev–Trinajstić information content (AvgIpc) is 2.10. The predicted octanol–water partition coefficient (Wildman–Crippen LogP) is 0.832. The van der Waals surface area contributed by atoms with Crippen molar-refractivity contribution in [2.75, 3.05) is 13.2 Å². The third-order valence-electron chi connectivity index (χ3n) is 1.26. The lowest BCUT2D eigenvalue weighted by atomic mass is 10.3. The summed E-state index contributed by atoms with van der Waals surface area (Å²) in [6.07, 6.45) is 3.01. The van der Waals surface area contributed by atoms with Crippen molar-refractivity contribution >= 4 is 12.0 Å². The van der Waals surface area contributed by atoms with Crippen molar-refractivity contribution in [3.63, 3.8) is 0 Å². The van der Waals surface area contributed by atoms with Gasteiger partial charge in [0, 0.05) is 5.57 Å². The van der Waals surface area contributed by atoms with Gasteiger partial charge in [-0.05, 0) is 13.8 Å². The minimum Gasteiger partial charge on any atom is -0.460 e. The molecule has 0 saturated heterocycles. The van der Waals surface area contributed by atoms with Gasteiger partial charge in [0.05, 0.1) is 6.54 Å². The molecule has 0 aliphatic heterocycles. The molecule has 0 aromatic heterocycles. The van der Waals surface area contributed by atoms with Crippen molar-refractivity contribution < 1.29 is 14.3 Å². The summed E-state index contributed by atoms with van der Waals surface area (Å²) in [5.41, 5.74) is 0.546. The van der Waals surface area contributed by atoms with Gasteiger partial charge in [-0.3, -0.25) is 0 Å². The molecule has 0 aromatic rings. The Morgan fingerprint density at radius 2 is 2.33 bits per heavy atom. The Kier molecular flexibility index (Phi) is 5.57. The zero-order valence-corrected chi connectivity index (χ0v) is 7.16. The number of hydrogen-bond donors (Lipinski definition) is 0. The molecule has 0 aromatic carbocycles. The zero-order valence-electron chi connectivity index (χ0n) is 7.16.